The molecule has 0 aliphatic carbocycles. The minimum atomic E-state index is 0.138. The number of hydrogen-bond donors (Lipinski definition) is 1. The van der Waals surface area contributed by atoms with Crippen LogP contribution in [0.5, 0.6) is 0 Å². The molecule has 1 N–H and O–H groups in total. The van der Waals surface area contributed by atoms with Crippen LogP contribution >= 0.6 is 0 Å². The molecule has 1 amide bonds. The minimum Gasteiger partial charge on any atom is -0.342 e. The van der Waals surface area contributed by atoms with Gasteiger partial charge in [-0.1, -0.05) is 12.1 Å². The molecular formula is C16H24N4O. The Kier molecular flexibility index (Phi) is 5.33. The van der Waals surface area contributed by atoms with Crippen LogP contribution in [0.1, 0.15) is 26.6 Å². The number of benzene rings is 1. The van der Waals surface area contributed by atoms with Crippen LogP contribution in [0, 0.1) is 0 Å². The molecule has 5 heteroatoms. The summed E-state index contributed by atoms with van der Waals surface area (Å²) < 4.78 is 2.18. The van der Waals surface area contributed by atoms with Crippen molar-refractivity contribution in [3.05, 3.63) is 30.1 Å². The average Bonchev–Trinajstić information content (AvgIpc) is 2.86. The molecule has 2 rings (SSSR count). The van der Waals surface area contributed by atoms with Crippen molar-refractivity contribution in [3.63, 3.8) is 0 Å². The molecule has 0 radical (unpaired) electrons. The number of nitrogens with one attached hydrogen (secondary N) is 1. The highest BCUT2D eigenvalue weighted by molar-refractivity contribution is 5.78. The first kappa shape index (κ1) is 15.5. The van der Waals surface area contributed by atoms with Crippen molar-refractivity contribution >= 4 is 16.9 Å². The Labute approximate surface area is 126 Å². The number of carbonyl (C=O) groups is 1. The second kappa shape index (κ2) is 7.22. The third-order valence-electron chi connectivity index (χ3n) is 3.73. The number of amides is 1. The Hall–Kier alpha value is -1.88. The molecule has 0 aliphatic rings. The number of hydrogen-bond acceptors (Lipinski definition) is 3. The number of carbonyl (C=O) groups excluding carboxylic acids is 1. The summed E-state index contributed by atoms with van der Waals surface area (Å²) in [5.41, 5.74) is 2.15. The van der Waals surface area contributed by atoms with Gasteiger partial charge in [-0.2, -0.15) is 0 Å². The van der Waals surface area contributed by atoms with Gasteiger partial charge in [0, 0.05) is 19.6 Å². The first-order valence-electron chi connectivity index (χ1n) is 7.63. The van der Waals surface area contributed by atoms with Gasteiger partial charge in [-0.15, -0.1) is 0 Å². The molecule has 1 heterocycles. The van der Waals surface area contributed by atoms with Crippen LogP contribution in [0.4, 0.5) is 0 Å². The summed E-state index contributed by atoms with van der Waals surface area (Å²) in [5.74, 6) is 1.12. The molecule has 0 saturated heterocycles. The van der Waals surface area contributed by atoms with Crippen LogP contribution in [0.15, 0.2) is 24.3 Å². The fourth-order valence-corrected chi connectivity index (χ4v) is 2.58. The van der Waals surface area contributed by atoms with Gasteiger partial charge in [0.2, 0.25) is 5.91 Å². The molecule has 0 saturated carbocycles. The molecule has 114 valence electrons. The summed E-state index contributed by atoms with van der Waals surface area (Å²) in [4.78, 5) is 18.4. The van der Waals surface area contributed by atoms with E-state index in [1.807, 2.05) is 36.9 Å². The van der Waals surface area contributed by atoms with Crippen LogP contribution in [0.25, 0.3) is 11.0 Å². The number of aromatic nitrogens is 2. The fraction of sp³-hybridized carbons (Fsp3) is 0.500. The molecule has 0 aliphatic heterocycles. The first-order valence-corrected chi connectivity index (χ1v) is 7.63. The molecule has 1 aromatic heterocycles. The van der Waals surface area contributed by atoms with Crippen molar-refractivity contribution in [2.75, 3.05) is 19.6 Å². The molecule has 2 aromatic rings. The molecular weight excluding hydrogens is 264 g/mol. The smallest absolute Gasteiger partial charge is 0.236 e. The molecule has 21 heavy (non-hydrogen) atoms. The quantitative estimate of drug-likeness (QED) is 0.848. The highest BCUT2D eigenvalue weighted by atomic mass is 16.2. The van der Waals surface area contributed by atoms with Crippen LogP contribution in [-0.4, -0.2) is 40.0 Å². The number of imidazole rings is 1. The number of para-hydroxylation sites is 2. The number of fused-ring (bicyclic) bond motifs is 1. The van der Waals surface area contributed by atoms with Crippen LogP contribution in [0.2, 0.25) is 0 Å². The topological polar surface area (TPSA) is 50.2 Å². The van der Waals surface area contributed by atoms with Gasteiger partial charge in [-0.25, -0.2) is 4.98 Å². The third-order valence-corrected chi connectivity index (χ3v) is 3.73. The lowest BCUT2D eigenvalue weighted by Gasteiger charge is -2.18. The van der Waals surface area contributed by atoms with Crippen molar-refractivity contribution in [1.29, 1.82) is 0 Å². The van der Waals surface area contributed by atoms with E-state index in [0.717, 1.165) is 36.5 Å². The standard InChI is InChI=1S/C16H24N4O/c1-4-19(5-2)16(21)12-17-11-15-18-13-9-7-8-10-14(13)20(15)6-3/h7-10,17H,4-6,11-12H2,1-3H3. The van der Waals surface area contributed by atoms with Gasteiger partial charge in [0.15, 0.2) is 0 Å². The zero-order valence-electron chi connectivity index (χ0n) is 13.1. The Morgan fingerprint density at radius 2 is 1.95 bits per heavy atom. The van der Waals surface area contributed by atoms with E-state index in [4.69, 9.17) is 0 Å². The Morgan fingerprint density at radius 1 is 1.24 bits per heavy atom. The molecule has 0 fully saturated rings. The van der Waals surface area contributed by atoms with E-state index < -0.39 is 0 Å². The van der Waals surface area contributed by atoms with E-state index in [1.165, 1.54) is 0 Å². The Bertz CT molecular complexity index is 601. The Balaban J connectivity index is 2.02. The van der Waals surface area contributed by atoms with E-state index in [0.29, 0.717) is 13.1 Å². The molecule has 0 spiro atoms. The lowest BCUT2D eigenvalue weighted by molar-refractivity contribution is -0.129. The van der Waals surface area contributed by atoms with Crippen molar-refractivity contribution in [3.8, 4) is 0 Å². The second-order valence-electron chi connectivity index (χ2n) is 4.93. The maximum Gasteiger partial charge on any atom is 0.236 e. The summed E-state index contributed by atoms with van der Waals surface area (Å²) in [5, 5.41) is 3.21. The summed E-state index contributed by atoms with van der Waals surface area (Å²) in [6.45, 7) is 9.45. The van der Waals surface area contributed by atoms with Gasteiger partial charge in [0.1, 0.15) is 5.82 Å². The maximum atomic E-state index is 12.0. The summed E-state index contributed by atoms with van der Waals surface area (Å²) in [6, 6.07) is 8.12. The van der Waals surface area contributed by atoms with Crippen molar-refractivity contribution in [1.82, 2.24) is 19.8 Å². The minimum absolute atomic E-state index is 0.138. The SMILES string of the molecule is CCN(CC)C(=O)CNCc1nc2ccccc2n1CC. The van der Waals surface area contributed by atoms with Gasteiger partial charge in [0.05, 0.1) is 24.1 Å². The maximum absolute atomic E-state index is 12.0. The molecule has 5 nitrogen and oxygen atoms in total. The highest BCUT2D eigenvalue weighted by Crippen LogP contribution is 2.15. The van der Waals surface area contributed by atoms with Crippen molar-refractivity contribution in [2.45, 2.75) is 33.9 Å². The number of nitrogens with zero attached hydrogens (tertiary/aromatic N) is 3. The van der Waals surface area contributed by atoms with E-state index >= 15 is 0 Å². The average molecular weight is 288 g/mol. The van der Waals surface area contributed by atoms with Crippen LogP contribution in [-0.2, 0) is 17.9 Å². The summed E-state index contributed by atoms with van der Waals surface area (Å²) in [7, 11) is 0. The Morgan fingerprint density at radius 3 is 2.62 bits per heavy atom. The van der Waals surface area contributed by atoms with Crippen molar-refractivity contribution in [2.24, 2.45) is 0 Å². The highest BCUT2D eigenvalue weighted by Gasteiger charge is 2.11. The summed E-state index contributed by atoms with van der Waals surface area (Å²) in [6.07, 6.45) is 0. The van der Waals surface area contributed by atoms with Crippen LogP contribution in [0.3, 0.4) is 0 Å². The predicted octanol–water partition coefficient (Wildman–Crippen LogP) is 2.01. The zero-order valence-corrected chi connectivity index (χ0v) is 13.1. The fourth-order valence-electron chi connectivity index (χ4n) is 2.58. The number of aryl methyl sites for hydroxylation is 1. The number of rotatable bonds is 7. The zero-order chi connectivity index (χ0) is 15.2. The van der Waals surface area contributed by atoms with Gasteiger partial charge in [0.25, 0.3) is 0 Å². The predicted molar refractivity (Wildman–Crippen MR) is 85.0 cm³/mol. The summed E-state index contributed by atoms with van der Waals surface area (Å²) >= 11 is 0. The van der Waals surface area contributed by atoms with Crippen molar-refractivity contribution < 1.29 is 4.79 Å². The number of likely N-dealkylation sites (N-methyl/N-ethyl adjacent to an activating group) is 1. The van der Waals surface area contributed by atoms with Gasteiger partial charge in [-0.3, -0.25) is 4.79 Å². The van der Waals surface area contributed by atoms with Gasteiger partial charge in [-0.05, 0) is 32.9 Å². The molecule has 0 atom stereocenters. The largest absolute Gasteiger partial charge is 0.342 e. The van der Waals surface area contributed by atoms with Crippen LogP contribution < -0.4 is 5.32 Å². The van der Waals surface area contributed by atoms with E-state index in [-0.39, 0.29) is 5.91 Å². The molecule has 1 aromatic carbocycles. The second-order valence-corrected chi connectivity index (χ2v) is 4.93. The van der Waals surface area contributed by atoms with E-state index in [9.17, 15) is 4.79 Å². The lowest BCUT2D eigenvalue weighted by Crippen LogP contribution is -2.38. The molecule has 0 unspecified atom stereocenters. The third kappa shape index (κ3) is 3.42. The van der Waals surface area contributed by atoms with Gasteiger partial charge >= 0.3 is 0 Å². The van der Waals surface area contributed by atoms with Gasteiger partial charge < -0.3 is 14.8 Å². The lowest BCUT2D eigenvalue weighted by atomic mass is 10.3. The molecule has 0 bridgehead atoms. The normalized spacial score (nSPS) is 11.0. The monoisotopic (exact) mass is 288 g/mol. The van der Waals surface area contributed by atoms with E-state index in [1.54, 1.807) is 0 Å². The van der Waals surface area contributed by atoms with E-state index in [2.05, 4.69) is 27.9 Å². The first-order chi connectivity index (χ1) is 10.2.